The largest absolute Gasteiger partial charge is 0.454 e. The van der Waals surface area contributed by atoms with E-state index in [1.54, 1.807) is 6.07 Å². The van der Waals surface area contributed by atoms with Crippen LogP contribution >= 0.6 is 11.8 Å². The van der Waals surface area contributed by atoms with Crippen LogP contribution in [0.4, 0.5) is 5.69 Å². The van der Waals surface area contributed by atoms with Gasteiger partial charge in [0.25, 0.3) is 10.0 Å². The number of hydrogen-bond donors (Lipinski definition) is 0. The lowest BCUT2D eigenvalue weighted by atomic mass is 10.1. The summed E-state index contributed by atoms with van der Waals surface area (Å²) in [5, 5.41) is 0.524. The van der Waals surface area contributed by atoms with Crippen LogP contribution in [0, 0.1) is 0 Å². The molecule has 0 aliphatic carbocycles. The van der Waals surface area contributed by atoms with Crippen LogP contribution in [0.1, 0.15) is 12.5 Å². The standard InChI is InChI=1S/C20H17N3O4S2/c1-2-23-15-6-4-3-5-14(15)19-18(29(23,24)25)10-21-20(22-19)28-11-13-7-8-16-17(9-13)27-12-26-16/h3-10H,2,11-12H2,1H3. The minimum atomic E-state index is -3.67. The van der Waals surface area contributed by atoms with Crippen LogP contribution in [0.3, 0.4) is 0 Å². The number of aromatic nitrogens is 2. The van der Waals surface area contributed by atoms with Crippen molar-refractivity contribution in [1.82, 2.24) is 9.97 Å². The summed E-state index contributed by atoms with van der Waals surface area (Å²) in [6.07, 6.45) is 1.41. The molecule has 9 heteroatoms. The average Bonchev–Trinajstić information content (AvgIpc) is 3.20. The van der Waals surface area contributed by atoms with Gasteiger partial charge in [-0.25, -0.2) is 18.4 Å². The summed E-state index contributed by atoms with van der Waals surface area (Å²) < 4.78 is 38.2. The van der Waals surface area contributed by atoms with E-state index in [1.807, 2.05) is 43.3 Å². The second-order valence-corrected chi connectivity index (χ2v) is 9.30. The Kier molecular flexibility index (Phi) is 4.36. The summed E-state index contributed by atoms with van der Waals surface area (Å²) in [7, 11) is -3.67. The molecule has 5 rings (SSSR count). The van der Waals surface area contributed by atoms with Crippen LogP contribution < -0.4 is 13.8 Å². The number of ether oxygens (including phenoxy) is 2. The second-order valence-electron chi connectivity index (χ2n) is 6.53. The monoisotopic (exact) mass is 427 g/mol. The fourth-order valence-corrected chi connectivity index (χ4v) is 5.80. The highest BCUT2D eigenvalue weighted by atomic mass is 32.2. The van der Waals surface area contributed by atoms with Crippen LogP contribution in [0.15, 0.2) is 58.7 Å². The molecule has 0 amide bonds. The fourth-order valence-electron chi connectivity index (χ4n) is 3.46. The van der Waals surface area contributed by atoms with E-state index in [0.29, 0.717) is 28.8 Å². The molecule has 2 aliphatic rings. The van der Waals surface area contributed by atoms with E-state index in [-0.39, 0.29) is 11.7 Å². The quantitative estimate of drug-likeness (QED) is 0.464. The molecule has 0 saturated carbocycles. The molecule has 0 saturated heterocycles. The maximum atomic E-state index is 13.0. The van der Waals surface area contributed by atoms with Crippen molar-refractivity contribution in [2.24, 2.45) is 0 Å². The van der Waals surface area contributed by atoms with E-state index in [2.05, 4.69) is 9.97 Å². The van der Waals surface area contributed by atoms with Gasteiger partial charge in [0.05, 0.1) is 17.6 Å². The summed E-state index contributed by atoms with van der Waals surface area (Å²) in [4.78, 5) is 9.05. The number of sulfonamides is 1. The maximum Gasteiger partial charge on any atom is 0.268 e. The highest BCUT2D eigenvalue weighted by Gasteiger charge is 2.35. The predicted molar refractivity (Wildman–Crippen MR) is 110 cm³/mol. The predicted octanol–water partition coefficient (Wildman–Crippen LogP) is 3.69. The van der Waals surface area contributed by atoms with E-state index in [1.165, 1.54) is 22.3 Å². The van der Waals surface area contributed by atoms with Crippen molar-refractivity contribution in [1.29, 1.82) is 0 Å². The van der Waals surface area contributed by atoms with Gasteiger partial charge in [0, 0.05) is 17.9 Å². The van der Waals surface area contributed by atoms with Crippen LogP contribution in [0.2, 0.25) is 0 Å². The van der Waals surface area contributed by atoms with Gasteiger partial charge in [-0.1, -0.05) is 36.0 Å². The van der Waals surface area contributed by atoms with E-state index < -0.39 is 10.0 Å². The first-order valence-corrected chi connectivity index (χ1v) is 11.5. The average molecular weight is 428 g/mol. The third-order valence-electron chi connectivity index (χ3n) is 4.82. The molecule has 0 atom stereocenters. The first-order chi connectivity index (χ1) is 14.1. The zero-order chi connectivity index (χ0) is 20.0. The third-order valence-corrected chi connectivity index (χ3v) is 7.64. The Morgan fingerprint density at radius 2 is 1.97 bits per heavy atom. The molecular weight excluding hydrogens is 410 g/mol. The first-order valence-electron chi connectivity index (χ1n) is 9.08. The number of rotatable bonds is 4. The molecule has 0 radical (unpaired) electrons. The van der Waals surface area contributed by atoms with E-state index >= 15 is 0 Å². The molecular formula is C20H17N3O4S2. The summed E-state index contributed by atoms with van der Waals surface area (Å²) >= 11 is 1.45. The van der Waals surface area contributed by atoms with E-state index in [9.17, 15) is 8.42 Å². The molecule has 3 aromatic rings. The van der Waals surface area contributed by atoms with Crippen molar-refractivity contribution in [2.75, 3.05) is 17.6 Å². The second kappa shape index (κ2) is 6.93. The molecule has 0 N–H and O–H groups in total. The maximum absolute atomic E-state index is 13.0. The molecule has 2 aliphatic heterocycles. The van der Waals surface area contributed by atoms with Crippen molar-refractivity contribution < 1.29 is 17.9 Å². The summed E-state index contributed by atoms with van der Waals surface area (Å²) in [5.74, 6) is 2.10. The van der Waals surface area contributed by atoms with Crippen LogP contribution in [0.5, 0.6) is 11.5 Å². The Balaban J connectivity index is 1.48. The molecule has 1 aromatic heterocycles. The van der Waals surface area contributed by atoms with Crippen molar-refractivity contribution >= 4 is 27.5 Å². The minimum absolute atomic E-state index is 0.144. The van der Waals surface area contributed by atoms with Crippen LogP contribution in [-0.4, -0.2) is 31.7 Å². The van der Waals surface area contributed by atoms with Gasteiger partial charge in [-0.3, -0.25) is 4.31 Å². The molecule has 7 nitrogen and oxygen atoms in total. The van der Waals surface area contributed by atoms with Gasteiger partial charge in [-0.15, -0.1) is 0 Å². The molecule has 0 spiro atoms. The number of benzene rings is 2. The number of hydrogen-bond acceptors (Lipinski definition) is 7. The molecule has 0 bridgehead atoms. The number of nitrogens with zero attached hydrogens (tertiary/aromatic N) is 3. The van der Waals surface area contributed by atoms with Crippen molar-refractivity contribution in [2.45, 2.75) is 22.7 Å². The molecule has 29 heavy (non-hydrogen) atoms. The van der Waals surface area contributed by atoms with Gasteiger partial charge in [-0.2, -0.15) is 0 Å². The summed E-state index contributed by atoms with van der Waals surface area (Å²) in [5.41, 5.74) is 2.94. The minimum Gasteiger partial charge on any atom is -0.454 e. The zero-order valence-corrected chi connectivity index (χ0v) is 17.2. The van der Waals surface area contributed by atoms with Gasteiger partial charge in [0.15, 0.2) is 16.7 Å². The topological polar surface area (TPSA) is 81.6 Å². The van der Waals surface area contributed by atoms with E-state index in [4.69, 9.17) is 9.47 Å². The highest BCUT2D eigenvalue weighted by molar-refractivity contribution is 7.98. The SMILES string of the molecule is CCN1c2ccccc2-c2nc(SCc3ccc4c(c3)OCO4)ncc2S1(=O)=O. The fraction of sp³-hybridized carbons (Fsp3) is 0.200. The Bertz CT molecular complexity index is 1210. The molecule has 148 valence electrons. The third kappa shape index (κ3) is 3.01. The van der Waals surface area contributed by atoms with Crippen molar-refractivity contribution in [3.05, 3.63) is 54.2 Å². The van der Waals surface area contributed by atoms with Gasteiger partial charge < -0.3 is 9.47 Å². The Morgan fingerprint density at radius 3 is 2.83 bits per heavy atom. The van der Waals surface area contributed by atoms with Crippen LogP contribution in [-0.2, 0) is 15.8 Å². The lowest BCUT2D eigenvalue weighted by Crippen LogP contribution is -2.34. The Labute approximate surface area is 172 Å². The van der Waals surface area contributed by atoms with Gasteiger partial charge >= 0.3 is 0 Å². The first kappa shape index (κ1) is 18.3. The normalized spacial score (nSPS) is 15.7. The number of fused-ring (bicyclic) bond motifs is 4. The van der Waals surface area contributed by atoms with Crippen molar-refractivity contribution in [3.63, 3.8) is 0 Å². The molecule has 0 fully saturated rings. The molecule has 3 heterocycles. The number of para-hydroxylation sites is 1. The Morgan fingerprint density at radius 1 is 1.14 bits per heavy atom. The number of thioether (sulfide) groups is 1. The summed E-state index contributed by atoms with van der Waals surface area (Å²) in [6, 6.07) is 13.2. The zero-order valence-electron chi connectivity index (χ0n) is 15.5. The van der Waals surface area contributed by atoms with E-state index in [0.717, 1.165) is 22.6 Å². The molecule has 0 unspecified atom stereocenters. The van der Waals surface area contributed by atoms with Crippen LogP contribution in [0.25, 0.3) is 11.3 Å². The lowest BCUT2D eigenvalue weighted by molar-refractivity contribution is 0.174. The lowest BCUT2D eigenvalue weighted by Gasteiger charge is -2.30. The number of anilines is 1. The smallest absolute Gasteiger partial charge is 0.268 e. The van der Waals surface area contributed by atoms with Gasteiger partial charge in [-0.05, 0) is 30.7 Å². The highest BCUT2D eigenvalue weighted by Crippen LogP contribution is 2.42. The Hall–Kier alpha value is -2.78. The van der Waals surface area contributed by atoms with Gasteiger partial charge in [0.2, 0.25) is 6.79 Å². The molecule has 2 aromatic carbocycles. The van der Waals surface area contributed by atoms with Gasteiger partial charge in [0.1, 0.15) is 4.90 Å². The van der Waals surface area contributed by atoms with Crippen molar-refractivity contribution in [3.8, 4) is 22.8 Å². The summed E-state index contributed by atoms with van der Waals surface area (Å²) in [6.45, 7) is 2.40.